The fourth-order valence-corrected chi connectivity index (χ4v) is 5.38. The van der Waals surface area contributed by atoms with Crippen LogP contribution in [0.25, 0.3) is 21.9 Å². The van der Waals surface area contributed by atoms with Gasteiger partial charge in [0.15, 0.2) is 5.78 Å². The molecule has 0 fully saturated rings. The zero-order chi connectivity index (χ0) is 34.8. The second-order valence-corrected chi connectivity index (χ2v) is 12.7. The number of aromatic nitrogens is 1. The van der Waals surface area contributed by atoms with Crippen molar-refractivity contribution in [2.45, 2.75) is 64.9 Å². The number of nitrogens with zero attached hydrogens (tertiary/aromatic N) is 2. The highest BCUT2D eigenvalue weighted by molar-refractivity contribution is 6.00. The Kier molecular flexibility index (Phi) is 11.9. The van der Waals surface area contributed by atoms with E-state index in [0.29, 0.717) is 12.2 Å². The van der Waals surface area contributed by atoms with Crippen LogP contribution in [0.1, 0.15) is 63.5 Å². The number of fused-ring (bicyclic) bond motifs is 1. The summed E-state index contributed by atoms with van der Waals surface area (Å²) in [5.41, 5.74) is 2.89. The predicted molar refractivity (Wildman–Crippen MR) is 185 cm³/mol. The number of benzene rings is 3. The van der Waals surface area contributed by atoms with E-state index in [-0.39, 0.29) is 49.8 Å². The molecule has 252 valence electrons. The number of carbonyl (C=O) groups excluding carboxylic acids is 4. The van der Waals surface area contributed by atoms with Gasteiger partial charge in [-0.15, -0.1) is 0 Å². The molecular formula is C38H43N3O7. The number of nitrogens with one attached hydrogen (secondary N) is 1. The van der Waals surface area contributed by atoms with Crippen LogP contribution in [0.3, 0.4) is 0 Å². The van der Waals surface area contributed by atoms with Crippen LogP contribution >= 0.6 is 0 Å². The van der Waals surface area contributed by atoms with Crippen LogP contribution in [0, 0.1) is 6.92 Å². The van der Waals surface area contributed by atoms with Gasteiger partial charge in [-0.1, -0.05) is 54.6 Å². The molecule has 48 heavy (non-hydrogen) atoms. The third-order valence-corrected chi connectivity index (χ3v) is 7.77. The SMILES string of the molecule is COC(=O)C[C@@H](CC(=O)CNC(=O)CCCN(C(=O)OC(C)(C)C)c1cc(C)ccn1)c1ccc(-c2ccc(O)c3ccccc23)cc1. The molecule has 10 heteroatoms. The predicted octanol–water partition coefficient (Wildman–Crippen LogP) is 6.86. The number of aromatic hydroxyl groups is 1. The summed E-state index contributed by atoms with van der Waals surface area (Å²) < 4.78 is 10.4. The lowest BCUT2D eigenvalue weighted by molar-refractivity contribution is -0.141. The van der Waals surface area contributed by atoms with Gasteiger partial charge >= 0.3 is 12.1 Å². The molecule has 10 nitrogen and oxygen atoms in total. The maximum atomic E-state index is 13.0. The molecule has 0 saturated carbocycles. The van der Waals surface area contributed by atoms with Crippen molar-refractivity contribution in [3.05, 3.63) is 90.1 Å². The van der Waals surface area contributed by atoms with Crippen LogP contribution < -0.4 is 10.2 Å². The molecule has 1 heterocycles. The number of pyridine rings is 1. The number of amides is 2. The summed E-state index contributed by atoms with van der Waals surface area (Å²) in [6.45, 7) is 7.24. The van der Waals surface area contributed by atoms with E-state index in [1.165, 1.54) is 12.0 Å². The third kappa shape index (κ3) is 9.87. The summed E-state index contributed by atoms with van der Waals surface area (Å²) in [7, 11) is 1.30. The Labute approximate surface area is 281 Å². The van der Waals surface area contributed by atoms with Gasteiger partial charge in [-0.2, -0.15) is 0 Å². The minimum atomic E-state index is -0.702. The number of aryl methyl sites for hydroxylation is 1. The number of rotatable bonds is 13. The molecule has 0 spiro atoms. The number of carbonyl (C=O) groups is 4. The van der Waals surface area contributed by atoms with E-state index < -0.39 is 23.6 Å². The van der Waals surface area contributed by atoms with Crippen LogP contribution in [0.5, 0.6) is 5.75 Å². The molecule has 3 aromatic carbocycles. The van der Waals surface area contributed by atoms with Crippen LogP contribution in [0.2, 0.25) is 0 Å². The van der Waals surface area contributed by atoms with Crippen LogP contribution in [-0.2, 0) is 23.9 Å². The highest BCUT2D eigenvalue weighted by atomic mass is 16.6. The van der Waals surface area contributed by atoms with Crippen molar-refractivity contribution in [3.8, 4) is 16.9 Å². The number of hydrogen-bond acceptors (Lipinski definition) is 8. The molecule has 0 unspecified atom stereocenters. The van der Waals surface area contributed by atoms with Gasteiger partial charge in [-0.05, 0) is 80.0 Å². The van der Waals surface area contributed by atoms with Crippen LogP contribution in [0.15, 0.2) is 79.0 Å². The first-order valence-electron chi connectivity index (χ1n) is 15.9. The van der Waals surface area contributed by atoms with Crippen LogP contribution in [0.4, 0.5) is 10.6 Å². The second kappa shape index (κ2) is 16.0. The largest absolute Gasteiger partial charge is 0.507 e. The normalized spacial score (nSPS) is 11.9. The molecule has 0 aliphatic heterocycles. The average molecular weight is 654 g/mol. The van der Waals surface area contributed by atoms with E-state index in [1.54, 1.807) is 39.1 Å². The van der Waals surface area contributed by atoms with E-state index in [1.807, 2.05) is 67.6 Å². The Morgan fingerprint density at radius 2 is 1.65 bits per heavy atom. The Hall–Kier alpha value is -5.25. The second-order valence-electron chi connectivity index (χ2n) is 12.7. The molecule has 4 aromatic rings. The number of ketones is 1. The standard InChI is InChI=1S/C38H43N3O7/c1-25-18-19-39-34(21-25)41(37(46)48-38(2,3)4)20-8-11-35(44)40-24-29(42)22-28(23-36(45)47-5)26-12-14-27(15-13-26)30-16-17-33(43)32-10-7-6-9-31(30)32/h6-7,9-10,12-19,21,28,43H,8,11,20,22-24H2,1-5H3,(H,40,44)/t28-/m1/s1. The molecule has 0 saturated heterocycles. The highest BCUT2D eigenvalue weighted by Gasteiger charge is 2.25. The number of anilines is 1. The molecule has 1 atom stereocenters. The molecule has 1 aromatic heterocycles. The van der Waals surface area contributed by atoms with E-state index >= 15 is 0 Å². The van der Waals surface area contributed by atoms with Gasteiger partial charge < -0.3 is 19.9 Å². The van der Waals surface area contributed by atoms with Crippen molar-refractivity contribution < 1.29 is 33.8 Å². The zero-order valence-corrected chi connectivity index (χ0v) is 28.1. The number of phenols is 1. The van der Waals surface area contributed by atoms with Crippen molar-refractivity contribution in [1.29, 1.82) is 0 Å². The van der Waals surface area contributed by atoms with Gasteiger partial charge in [-0.25, -0.2) is 9.78 Å². The molecular weight excluding hydrogens is 610 g/mol. The minimum Gasteiger partial charge on any atom is -0.507 e. The van der Waals surface area contributed by atoms with Gasteiger partial charge in [0.1, 0.15) is 17.2 Å². The van der Waals surface area contributed by atoms with Crippen molar-refractivity contribution in [3.63, 3.8) is 0 Å². The molecule has 0 bridgehead atoms. The summed E-state index contributed by atoms with van der Waals surface area (Å²) in [6, 6.07) is 22.3. The number of Topliss-reactive ketones (excluding diaryl/α,β-unsaturated/α-hetero) is 1. The molecule has 0 aliphatic rings. The molecule has 2 N–H and O–H groups in total. The number of phenolic OH excluding ortho intramolecular Hbond substituents is 1. The number of hydrogen-bond donors (Lipinski definition) is 2. The molecule has 2 amide bonds. The topological polar surface area (TPSA) is 135 Å². The quantitative estimate of drug-likeness (QED) is 0.150. The average Bonchev–Trinajstić information content (AvgIpc) is 3.05. The van der Waals surface area contributed by atoms with E-state index in [9.17, 15) is 24.3 Å². The Morgan fingerprint density at radius 3 is 2.31 bits per heavy atom. The summed E-state index contributed by atoms with van der Waals surface area (Å²) in [5, 5.41) is 14.6. The van der Waals surface area contributed by atoms with Gasteiger partial charge in [0.25, 0.3) is 0 Å². The van der Waals surface area contributed by atoms with Crippen LogP contribution in [-0.4, -0.2) is 59.6 Å². The maximum Gasteiger partial charge on any atom is 0.416 e. The summed E-state index contributed by atoms with van der Waals surface area (Å²) >= 11 is 0. The summed E-state index contributed by atoms with van der Waals surface area (Å²) in [5.74, 6) is -0.817. The van der Waals surface area contributed by atoms with Gasteiger partial charge in [0.05, 0.1) is 20.1 Å². The van der Waals surface area contributed by atoms with Gasteiger partial charge in [0, 0.05) is 36.9 Å². The van der Waals surface area contributed by atoms with Crippen molar-refractivity contribution >= 4 is 40.3 Å². The monoisotopic (exact) mass is 653 g/mol. The lowest BCUT2D eigenvalue weighted by atomic mass is 9.89. The number of esters is 1. The van der Waals surface area contributed by atoms with E-state index in [4.69, 9.17) is 9.47 Å². The number of ether oxygens (including phenoxy) is 2. The van der Waals surface area contributed by atoms with Crippen molar-refractivity contribution in [2.75, 3.05) is 25.1 Å². The smallest absolute Gasteiger partial charge is 0.416 e. The van der Waals surface area contributed by atoms with Gasteiger partial charge in [-0.3, -0.25) is 19.3 Å². The molecule has 0 aliphatic carbocycles. The third-order valence-electron chi connectivity index (χ3n) is 7.77. The summed E-state index contributed by atoms with van der Waals surface area (Å²) in [6.07, 6.45) is 1.49. The zero-order valence-electron chi connectivity index (χ0n) is 28.1. The van der Waals surface area contributed by atoms with Crippen molar-refractivity contribution in [2.24, 2.45) is 0 Å². The molecule has 0 radical (unpaired) electrons. The lowest BCUT2D eigenvalue weighted by Crippen LogP contribution is -2.38. The lowest BCUT2D eigenvalue weighted by Gasteiger charge is -2.27. The summed E-state index contributed by atoms with van der Waals surface area (Å²) in [4.78, 5) is 56.6. The van der Waals surface area contributed by atoms with Crippen molar-refractivity contribution in [1.82, 2.24) is 10.3 Å². The van der Waals surface area contributed by atoms with E-state index in [0.717, 1.165) is 33.0 Å². The Balaban J connectivity index is 1.36. The first-order chi connectivity index (χ1) is 22.8. The minimum absolute atomic E-state index is 0.00513. The highest BCUT2D eigenvalue weighted by Crippen LogP contribution is 2.35. The Bertz CT molecular complexity index is 1760. The first-order valence-corrected chi connectivity index (χ1v) is 15.9. The fourth-order valence-electron chi connectivity index (χ4n) is 5.38. The maximum absolute atomic E-state index is 13.0. The Morgan fingerprint density at radius 1 is 0.938 bits per heavy atom. The molecule has 4 rings (SSSR count). The number of methoxy groups -OCH3 is 1. The van der Waals surface area contributed by atoms with Gasteiger partial charge in [0.2, 0.25) is 5.91 Å². The first kappa shape index (κ1) is 35.6. The fraction of sp³-hybridized carbons (Fsp3) is 0.342. The van der Waals surface area contributed by atoms with E-state index in [2.05, 4.69) is 10.3 Å².